The van der Waals surface area contributed by atoms with Gasteiger partial charge >= 0.3 is 5.76 Å². The molecule has 1 amide bonds. The van der Waals surface area contributed by atoms with Gasteiger partial charge in [0.2, 0.25) is 5.91 Å². The zero-order chi connectivity index (χ0) is 19.5. The Balaban J connectivity index is 1.32. The van der Waals surface area contributed by atoms with E-state index in [1.807, 2.05) is 11.0 Å². The fourth-order valence-corrected chi connectivity index (χ4v) is 3.91. The molecule has 1 N–H and O–H groups in total. The van der Waals surface area contributed by atoms with Crippen molar-refractivity contribution in [2.24, 2.45) is 0 Å². The highest BCUT2D eigenvalue weighted by molar-refractivity contribution is 6.31. The zero-order valence-electron chi connectivity index (χ0n) is 15.6. The molecule has 7 heteroatoms. The molecule has 0 bridgehead atoms. The average Bonchev–Trinajstić information content (AvgIpc) is 3.02. The van der Waals surface area contributed by atoms with Crippen LogP contribution < -0.4 is 10.7 Å². The van der Waals surface area contributed by atoms with E-state index >= 15 is 0 Å². The average molecular weight is 401 g/mol. The van der Waals surface area contributed by atoms with E-state index in [1.165, 1.54) is 15.0 Å². The van der Waals surface area contributed by atoms with Crippen LogP contribution in [0, 0.1) is 0 Å². The predicted molar refractivity (Wildman–Crippen MR) is 108 cm³/mol. The number of nitrogens with one attached hydrogen (secondary N) is 1. The molecule has 2 heterocycles. The Morgan fingerprint density at radius 3 is 2.61 bits per heavy atom. The van der Waals surface area contributed by atoms with E-state index in [0.717, 1.165) is 32.7 Å². The standard InChI is InChI=1S/C21H22ClN3O3/c22-17-6-7-19-18(14-17)25(21(27)28-19)9-8-20(26)24-12-10-23(11-13-24)15-16-4-2-1-3-5-16/h1-7,14H,8-13,15H2/p+1. The molecule has 1 aliphatic heterocycles. The molecule has 1 fully saturated rings. The molecular weight excluding hydrogens is 378 g/mol. The molecule has 0 unspecified atom stereocenters. The zero-order valence-corrected chi connectivity index (χ0v) is 16.3. The van der Waals surface area contributed by atoms with Crippen LogP contribution in [-0.4, -0.2) is 41.6 Å². The van der Waals surface area contributed by atoms with Gasteiger partial charge in [-0.1, -0.05) is 41.9 Å². The van der Waals surface area contributed by atoms with Crippen LogP contribution in [0.4, 0.5) is 0 Å². The van der Waals surface area contributed by atoms with Crippen molar-refractivity contribution in [2.75, 3.05) is 26.2 Å². The minimum Gasteiger partial charge on any atom is -0.408 e. The molecule has 1 aromatic heterocycles. The van der Waals surface area contributed by atoms with E-state index < -0.39 is 5.76 Å². The summed E-state index contributed by atoms with van der Waals surface area (Å²) in [5.74, 6) is -0.385. The molecular formula is C21H23ClN3O3+. The molecule has 146 valence electrons. The number of rotatable bonds is 5. The number of fused-ring (bicyclic) bond motifs is 1. The van der Waals surface area contributed by atoms with E-state index in [0.29, 0.717) is 22.7 Å². The van der Waals surface area contributed by atoms with Gasteiger partial charge in [0.1, 0.15) is 6.54 Å². The van der Waals surface area contributed by atoms with Gasteiger partial charge in [0, 0.05) is 23.6 Å². The number of halogens is 1. The Bertz CT molecular complexity index is 1020. The van der Waals surface area contributed by atoms with E-state index in [-0.39, 0.29) is 12.3 Å². The highest BCUT2D eigenvalue weighted by Crippen LogP contribution is 2.18. The molecule has 4 rings (SSSR count). The second kappa shape index (κ2) is 8.20. The van der Waals surface area contributed by atoms with Gasteiger partial charge in [-0.2, -0.15) is 0 Å². The third kappa shape index (κ3) is 4.13. The number of hydrogen-bond acceptors (Lipinski definition) is 3. The summed E-state index contributed by atoms with van der Waals surface area (Å²) in [6.45, 7) is 4.64. The van der Waals surface area contributed by atoms with Crippen molar-refractivity contribution in [2.45, 2.75) is 19.5 Å². The fourth-order valence-electron chi connectivity index (χ4n) is 3.75. The molecule has 0 radical (unpaired) electrons. The SMILES string of the molecule is O=C(CCn1c(=O)oc2ccc(Cl)cc21)N1CC[NH+](Cc2ccccc2)CC1. The lowest BCUT2D eigenvalue weighted by atomic mass is 10.2. The van der Waals surface area contributed by atoms with Gasteiger partial charge in [-0.25, -0.2) is 4.79 Å². The number of carbonyl (C=O) groups is 1. The Morgan fingerprint density at radius 1 is 1.11 bits per heavy atom. The summed E-state index contributed by atoms with van der Waals surface area (Å²) in [4.78, 5) is 28.1. The van der Waals surface area contributed by atoms with Crippen LogP contribution in [0.25, 0.3) is 11.1 Å². The van der Waals surface area contributed by atoms with Crippen molar-refractivity contribution in [3.8, 4) is 0 Å². The van der Waals surface area contributed by atoms with E-state index in [9.17, 15) is 9.59 Å². The molecule has 1 saturated heterocycles. The van der Waals surface area contributed by atoms with Crippen LogP contribution in [0.1, 0.15) is 12.0 Å². The molecule has 6 nitrogen and oxygen atoms in total. The van der Waals surface area contributed by atoms with Gasteiger partial charge in [-0.3, -0.25) is 9.36 Å². The lowest BCUT2D eigenvalue weighted by Crippen LogP contribution is -3.13. The first kappa shape index (κ1) is 18.8. The minimum absolute atomic E-state index is 0.0713. The van der Waals surface area contributed by atoms with Crippen LogP contribution in [0.5, 0.6) is 0 Å². The van der Waals surface area contributed by atoms with Crippen LogP contribution in [0.3, 0.4) is 0 Å². The number of aromatic nitrogens is 1. The summed E-state index contributed by atoms with van der Waals surface area (Å²) in [5, 5.41) is 0.533. The van der Waals surface area contributed by atoms with Gasteiger partial charge in [-0.05, 0) is 18.2 Å². The van der Waals surface area contributed by atoms with Crippen molar-refractivity contribution in [3.05, 3.63) is 69.7 Å². The number of oxazole rings is 1. The first-order chi connectivity index (χ1) is 13.6. The highest BCUT2D eigenvalue weighted by Gasteiger charge is 2.24. The maximum absolute atomic E-state index is 12.6. The maximum atomic E-state index is 12.6. The summed E-state index contributed by atoms with van der Waals surface area (Å²) in [7, 11) is 0. The monoisotopic (exact) mass is 400 g/mol. The van der Waals surface area contributed by atoms with Crippen LogP contribution in [0.15, 0.2) is 57.7 Å². The van der Waals surface area contributed by atoms with Crippen molar-refractivity contribution >= 4 is 28.6 Å². The number of benzene rings is 2. The molecule has 0 spiro atoms. The number of hydrogen-bond donors (Lipinski definition) is 1. The topological polar surface area (TPSA) is 59.9 Å². The van der Waals surface area contributed by atoms with Gasteiger partial charge < -0.3 is 14.2 Å². The van der Waals surface area contributed by atoms with Gasteiger partial charge in [0.25, 0.3) is 0 Å². The molecule has 2 aromatic carbocycles. The number of quaternary nitrogens is 1. The van der Waals surface area contributed by atoms with Crippen molar-refractivity contribution in [1.29, 1.82) is 0 Å². The molecule has 0 aliphatic carbocycles. The van der Waals surface area contributed by atoms with Crippen molar-refractivity contribution in [1.82, 2.24) is 9.47 Å². The van der Waals surface area contributed by atoms with Gasteiger partial charge in [0.15, 0.2) is 5.58 Å². The van der Waals surface area contributed by atoms with Crippen molar-refractivity contribution < 1.29 is 14.1 Å². The van der Waals surface area contributed by atoms with E-state index in [1.54, 1.807) is 18.2 Å². The third-order valence-corrected chi connectivity index (χ3v) is 5.53. The predicted octanol–water partition coefficient (Wildman–Crippen LogP) is 1.57. The Morgan fingerprint density at radius 2 is 1.86 bits per heavy atom. The van der Waals surface area contributed by atoms with Gasteiger partial charge in [-0.15, -0.1) is 0 Å². The second-order valence-corrected chi connectivity index (χ2v) is 7.61. The van der Waals surface area contributed by atoms with Crippen LogP contribution in [0.2, 0.25) is 5.02 Å². The normalized spacial score (nSPS) is 15.2. The van der Waals surface area contributed by atoms with Crippen molar-refractivity contribution in [3.63, 3.8) is 0 Å². The molecule has 0 atom stereocenters. The Kier molecular flexibility index (Phi) is 5.50. The molecule has 28 heavy (non-hydrogen) atoms. The fraction of sp³-hybridized carbons (Fsp3) is 0.333. The number of amides is 1. The van der Waals surface area contributed by atoms with Crippen LogP contribution in [-0.2, 0) is 17.9 Å². The molecule has 1 aliphatic rings. The molecule has 3 aromatic rings. The quantitative estimate of drug-likeness (QED) is 0.707. The number of nitrogens with zero attached hydrogens (tertiary/aromatic N) is 2. The molecule has 0 saturated carbocycles. The Hall–Kier alpha value is -2.57. The summed E-state index contributed by atoms with van der Waals surface area (Å²) in [5.41, 5.74) is 2.43. The maximum Gasteiger partial charge on any atom is 0.419 e. The Labute approximate surface area is 167 Å². The second-order valence-electron chi connectivity index (χ2n) is 7.17. The summed E-state index contributed by atoms with van der Waals surface area (Å²) in [6, 6.07) is 15.5. The van der Waals surface area contributed by atoms with E-state index in [4.69, 9.17) is 16.0 Å². The number of aryl methyl sites for hydroxylation is 1. The van der Waals surface area contributed by atoms with E-state index in [2.05, 4.69) is 24.3 Å². The summed E-state index contributed by atoms with van der Waals surface area (Å²) >= 11 is 6.02. The first-order valence-corrected chi connectivity index (χ1v) is 9.92. The number of carbonyl (C=O) groups excluding carboxylic acids is 1. The summed E-state index contributed by atoms with van der Waals surface area (Å²) in [6.07, 6.45) is 0.273. The highest BCUT2D eigenvalue weighted by atomic mass is 35.5. The lowest BCUT2D eigenvalue weighted by molar-refractivity contribution is -0.917. The minimum atomic E-state index is -0.456. The lowest BCUT2D eigenvalue weighted by Gasteiger charge is -2.32. The largest absolute Gasteiger partial charge is 0.419 e. The third-order valence-electron chi connectivity index (χ3n) is 5.30. The van der Waals surface area contributed by atoms with Gasteiger partial charge in [0.05, 0.1) is 31.7 Å². The number of piperazine rings is 1. The van der Waals surface area contributed by atoms with Crippen LogP contribution >= 0.6 is 11.6 Å². The smallest absolute Gasteiger partial charge is 0.408 e. The first-order valence-electron chi connectivity index (χ1n) is 9.54. The summed E-state index contributed by atoms with van der Waals surface area (Å²) < 4.78 is 6.71.